The molecule has 0 saturated heterocycles. The van der Waals surface area contributed by atoms with Gasteiger partial charge in [-0.05, 0) is 26.3 Å². The number of rotatable bonds is 4. The van der Waals surface area contributed by atoms with Gasteiger partial charge in [0.2, 0.25) is 0 Å². The lowest BCUT2D eigenvalue weighted by Gasteiger charge is -2.11. The van der Waals surface area contributed by atoms with E-state index in [1.165, 1.54) is 6.92 Å². The molecule has 1 atom stereocenters. The number of aryl methyl sites for hydroxylation is 1. The highest BCUT2D eigenvalue weighted by atomic mass is 16.1. The van der Waals surface area contributed by atoms with Crippen molar-refractivity contribution < 1.29 is 9.59 Å². The molecular formula is C14H18O2. The molecule has 0 N–H and O–H groups in total. The van der Waals surface area contributed by atoms with E-state index in [1.807, 2.05) is 32.9 Å². The monoisotopic (exact) mass is 218 g/mol. The summed E-state index contributed by atoms with van der Waals surface area (Å²) >= 11 is 0. The molecule has 0 spiro atoms. The van der Waals surface area contributed by atoms with Crippen LogP contribution in [0.25, 0.3) is 0 Å². The quantitative estimate of drug-likeness (QED) is 0.725. The molecule has 0 fully saturated rings. The molecule has 0 aliphatic rings. The summed E-state index contributed by atoms with van der Waals surface area (Å²) < 4.78 is 0. The van der Waals surface area contributed by atoms with Gasteiger partial charge < -0.3 is 0 Å². The van der Waals surface area contributed by atoms with E-state index in [0.29, 0.717) is 11.1 Å². The minimum atomic E-state index is -0.0494. The predicted octanol–water partition coefficient (Wildman–Crippen LogP) is 3.43. The zero-order valence-electron chi connectivity index (χ0n) is 10.3. The standard InChI is InChI=1S/C14H18O2/c1-5-10(3)14(16)13-8-9(2)6-7-12(13)11(4)15/h6-8,10H,5H2,1-4H3. The van der Waals surface area contributed by atoms with Gasteiger partial charge in [0.15, 0.2) is 11.6 Å². The van der Waals surface area contributed by atoms with Crippen molar-refractivity contribution in [2.45, 2.75) is 34.1 Å². The lowest BCUT2D eigenvalue weighted by atomic mass is 9.91. The largest absolute Gasteiger partial charge is 0.294 e. The average Bonchev–Trinajstić information content (AvgIpc) is 2.26. The zero-order valence-corrected chi connectivity index (χ0v) is 10.3. The summed E-state index contributed by atoms with van der Waals surface area (Å²) in [6.07, 6.45) is 0.796. The molecule has 1 rings (SSSR count). The number of hydrogen-bond acceptors (Lipinski definition) is 2. The molecule has 2 heteroatoms. The molecule has 0 saturated carbocycles. The zero-order chi connectivity index (χ0) is 12.3. The Bertz CT molecular complexity index is 419. The van der Waals surface area contributed by atoms with Gasteiger partial charge in [0.05, 0.1) is 0 Å². The summed E-state index contributed by atoms with van der Waals surface area (Å²) in [5.74, 6) is -0.0112. The van der Waals surface area contributed by atoms with E-state index in [-0.39, 0.29) is 17.5 Å². The minimum Gasteiger partial charge on any atom is -0.294 e. The van der Waals surface area contributed by atoms with Crippen LogP contribution in [-0.4, -0.2) is 11.6 Å². The molecule has 16 heavy (non-hydrogen) atoms. The van der Waals surface area contributed by atoms with Crippen LogP contribution in [0.4, 0.5) is 0 Å². The van der Waals surface area contributed by atoms with Gasteiger partial charge in [-0.25, -0.2) is 0 Å². The van der Waals surface area contributed by atoms with Crippen LogP contribution in [0.5, 0.6) is 0 Å². The van der Waals surface area contributed by atoms with Crippen LogP contribution in [0.2, 0.25) is 0 Å². The van der Waals surface area contributed by atoms with E-state index in [4.69, 9.17) is 0 Å². The van der Waals surface area contributed by atoms with Crippen molar-refractivity contribution in [3.05, 3.63) is 34.9 Å². The van der Waals surface area contributed by atoms with Crippen LogP contribution in [-0.2, 0) is 0 Å². The van der Waals surface area contributed by atoms with Crippen LogP contribution >= 0.6 is 0 Å². The van der Waals surface area contributed by atoms with E-state index >= 15 is 0 Å². The fraction of sp³-hybridized carbons (Fsp3) is 0.429. The van der Waals surface area contributed by atoms with Crippen molar-refractivity contribution in [3.8, 4) is 0 Å². The Morgan fingerprint density at radius 1 is 1.25 bits per heavy atom. The van der Waals surface area contributed by atoms with E-state index in [9.17, 15) is 9.59 Å². The van der Waals surface area contributed by atoms with E-state index in [2.05, 4.69) is 0 Å². The summed E-state index contributed by atoms with van der Waals surface area (Å²) in [7, 11) is 0. The molecule has 0 amide bonds. The van der Waals surface area contributed by atoms with Gasteiger partial charge in [0, 0.05) is 17.0 Å². The van der Waals surface area contributed by atoms with Crippen molar-refractivity contribution in [2.24, 2.45) is 5.92 Å². The third-order valence-corrected chi connectivity index (χ3v) is 2.88. The molecule has 0 aliphatic carbocycles. The number of benzene rings is 1. The van der Waals surface area contributed by atoms with E-state index in [1.54, 1.807) is 6.07 Å². The van der Waals surface area contributed by atoms with Gasteiger partial charge in [0.1, 0.15) is 0 Å². The second kappa shape index (κ2) is 5.06. The number of ketones is 2. The lowest BCUT2D eigenvalue weighted by Crippen LogP contribution is -2.14. The maximum absolute atomic E-state index is 12.1. The Morgan fingerprint density at radius 2 is 1.88 bits per heavy atom. The van der Waals surface area contributed by atoms with Crippen molar-refractivity contribution in [1.29, 1.82) is 0 Å². The van der Waals surface area contributed by atoms with Crippen LogP contribution in [0.3, 0.4) is 0 Å². The maximum Gasteiger partial charge on any atom is 0.166 e. The number of carbonyl (C=O) groups is 2. The summed E-state index contributed by atoms with van der Waals surface area (Å²) in [4.78, 5) is 23.5. The Hall–Kier alpha value is -1.44. The predicted molar refractivity (Wildman–Crippen MR) is 65.0 cm³/mol. The number of carbonyl (C=O) groups excluding carboxylic acids is 2. The van der Waals surface area contributed by atoms with Crippen molar-refractivity contribution in [1.82, 2.24) is 0 Å². The normalized spacial score (nSPS) is 12.2. The second-order valence-electron chi connectivity index (χ2n) is 4.28. The molecule has 0 bridgehead atoms. The van der Waals surface area contributed by atoms with Crippen molar-refractivity contribution >= 4 is 11.6 Å². The fourth-order valence-corrected chi connectivity index (χ4v) is 1.62. The molecule has 0 aliphatic heterocycles. The molecule has 2 nitrogen and oxygen atoms in total. The third-order valence-electron chi connectivity index (χ3n) is 2.88. The Labute approximate surface area is 96.7 Å². The highest BCUT2D eigenvalue weighted by molar-refractivity contribution is 6.08. The van der Waals surface area contributed by atoms with Crippen molar-refractivity contribution in [2.75, 3.05) is 0 Å². The summed E-state index contributed by atoms with van der Waals surface area (Å²) in [6, 6.07) is 5.42. The third kappa shape index (κ3) is 2.57. The molecule has 1 unspecified atom stereocenters. The highest BCUT2D eigenvalue weighted by Crippen LogP contribution is 2.18. The molecule has 0 radical (unpaired) electrons. The van der Waals surface area contributed by atoms with Crippen LogP contribution in [0, 0.1) is 12.8 Å². The summed E-state index contributed by atoms with van der Waals surface area (Å²) in [5, 5.41) is 0. The van der Waals surface area contributed by atoms with Gasteiger partial charge >= 0.3 is 0 Å². The first-order valence-electron chi connectivity index (χ1n) is 5.63. The van der Waals surface area contributed by atoms with Gasteiger partial charge in [0.25, 0.3) is 0 Å². The Kier molecular flexibility index (Phi) is 3.99. The minimum absolute atomic E-state index is 0.0279. The molecule has 1 aromatic rings. The molecule has 0 heterocycles. The van der Waals surface area contributed by atoms with Gasteiger partial charge in [-0.3, -0.25) is 9.59 Å². The molecule has 1 aromatic carbocycles. The average molecular weight is 218 g/mol. The highest BCUT2D eigenvalue weighted by Gasteiger charge is 2.18. The Morgan fingerprint density at radius 3 is 2.38 bits per heavy atom. The van der Waals surface area contributed by atoms with Crippen LogP contribution in [0.15, 0.2) is 18.2 Å². The van der Waals surface area contributed by atoms with E-state index in [0.717, 1.165) is 12.0 Å². The number of hydrogen-bond donors (Lipinski definition) is 0. The van der Waals surface area contributed by atoms with Crippen LogP contribution in [0.1, 0.15) is 53.5 Å². The molecular weight excluding hydrogens is 200 g/mol. The first kappa shape index (κ1) is 12.6. The van der Waals surface area contributed by atoms with Gasteiger partial charge in [-0.1, -0.05) is 31.5 Å². The van der Waals surface area contributed by atoms with E-state index < -0.39 is 0 Å². The summed E-state index contributed by atoms with van der Waals surface area (Å²) in [6.45, 7) is 7.30. The molecule has 0 aromatic heterocycles. The first-order valence-corrected chi connectivity index (χ1v) is 5.63. The maximum atomic E-state index is 12.1. The molecule has 86 valence electrons. The van der Waals surface area contributed by atoms with Gasteiger partial charge in [-0.15, -0.1) is 0 Å². The topological polar surface area (TPSA) is 34.1 Å². The smallest absolute Gasteiger partial charge is 0.166 e. The second-order valence-corrected chi connectivity index (χ2v) is 4.28. The fourth-order valence-electron chi connectivity index (χ4n) is 1.62. The number of Topliss-reactive ketones (excluding diaryl/α,β-unsaturated/α-hetero) is 2. The summed E-state index contributed by atoms with van der Waals surface area (Å²) in [5.41, 5.74) is 2.12. The first-order chi connectivity index (χ1) is 7.47. The van der Waals surface area contributed by atoms with Crippen LogP contribution < -0.4 is 0 Å². The lowest BCUT2D eigenvalue weighted by molar-refractivity contribution is 0.0916. The van der Waals surface area contributed by atoms with Crippen molar-refractivity contribution in [3.63, 3.8) is 0 Å². The Balaban J connectivity index is 3.24. The van der Waals surface area contributed by atoms with Gasteiger partial charge in [-0.2, -0.15) is 0 Å². The SMILES string of the molecule is CCC(C)C(=O)c1cc(C)ccc1C(C)=O.